The lowest BCUT2D eigenvalue weighted by Gasteiger charge is -2.28. The number of hydrogen-bond acceptors (Lipinski definition) is 2. The zero-order chi connectivity index (χ0) is 10.7. The van der Waals surface area contributed by atoms with Gasteiger partial charge in [-0.2, -0.15) is 0 Å². The molecule has 1 aromatic carbocycles. The van der Waals surface area contributed by atoms with Gasteiger partial charge in [0.05, 0.1) is 6.10 Å². The van der Waals surface area contributed by atoms with Gasteiger partial charge in [0.2, 0.25) is 0 Å². The molecule has 0 saturated heterocycles. The standard InChI is InChI=1S/C13H16OS/c1-10-7-8-13(12(14)9-10)15-11-5-3-2-4-6-11/h2-6,12-14H,1,7-9H2/t12-,13-/m1/s1. The van der Waals surface area contributed by atoms with E-state index in [1.54, 1.807) is 11.8 Å². The first kappa shape index (κ1) is 10.8. The van der Waals surface area contributed by atoms with Crippen LogP contribution in [-0.4, -0.2) is 16.5 Å². The van der Waals surface area contributed by atoms with Crippen LogP contribution >= 0.6 is 11.8 Å². The second-order valence-electron chi connectivity index (χ2n) is 4.03. The Morgan fingerprint density at radius 1 is 1.27 bits per heavy atom. The van der Waals surface area contributed by atoms with E-state index in [1.807, 2.05) is 18.2 Å². The molecule has 0 amide bonds. The van der Waals surface area contributed by atoms with E-state index >= 15 is 0 Å². The third kappa shape index (κ3) is 2.86. The molecule has 0 heterocycles. The van der Waals surface area contributed by atoms with Gasteiger partial charge in [-0.15, -0.1) is 11.8 Å². The summed E-state index contributed by atoms with van der Waals surface area (Å²) in [7, 11) is 0. The molecule has 0 aromatic heterocycles. The van der Waals surface area contributed by atoms with E-state index in [0.717, 1.165) is 19.3 Å². The van der Waals surface area contributed by atoms with Gasteiger partial charge in [0.25, 0.3) is 0 Å². The zero-order valence-electron chi connectivity index (χ0n) is 8.73. The fourth-order valence-electron chi connectivity index (χ4n) is 1.88. The van der Waals surface area contributed by atoms with Crippen molar-refractivity contribution in [3.63, 3.8) is 0 Å². The van der Waals surface area contributed by atoms with Crippen LogP contribution in [0.1, 0.15) is 19.3 Å². The Hall–Kier alpha value is -0.730. The Balaban J connectivity index is 1.98. The number of hydrogen-bond donors (Lipinski definition) is 1. The number of aliphatic hydroxyl groups excluding tert-OH is 1. The maximum absolute atomic E-state index is 9.92. The van der Waals surface area contributed by atoms with Crippen molar-refractivity contribution in [1.29, 1.82) is 0 Å². The fraction of sp³-hybridized carbons (Fsp3) is 0.385. The maximum Gasteiger partial charge on any atom is 0.0699 e. The van der Waals surface area contributed by atoms with E-state index in [2.05, 4.69) is 18.7 Å². The first-order valence-corrected chi connectivity index (χ1v) is 6.20. The van der Waals surface area contributed by atoms with E-state index in [1.165, 1.54) is 10.5 Å². The predicted octanol–water partition coefficient (Wildman–Crippen LogP) is 3.25. The highest BCUT2D eigenvalue weighted by Gasteiger charge is 2.25. The van der Waals surface area contributed by atoms with E-state index < -0.39 is 0 Å². The van der Waals surface area contributed by atoms with Crippen molar-refractivity contribution < 1.29 is 5.11 Å². The van der Waals surface area contributed by atoms with E-state index in [-0.39, 0.29) is 6.10 Å². The predicted molar refractivity (Wildman–Crippen MR) is 65.1 cm³/mol. The molecule has 0 unspecified atom stereocenters. The van der Waals surface area contributed by atoms with Crippen molar-refractivity contribution in [3.05, 3.63) is 42.5 Å². The SMILES string of the molecule is C=C1CC[C@@H](Sc2ccccc2)[C@H](O)C1. The summed E-state index contributed by atoms with van der Waals surface area (Å²) < 4.78 is 0. The van der Waals surface area contributed by atoms with Gasteiger partial charge in [-0.25, -0.2) is 0 Å². The minimum Gasteiger partial charge on any atom is -0.392 e. The summed E-state index contributed by atoms with van der Waals surface area (Å²) in [6.45, 7) is 3.94. The van der Waals surface area contributed by atoms with Crippen LogP contribution in [0.15, 0.2) is 47.4 Å². The molecule has 1 aliphatic carbocycles. The summed E-state index contributed by atoms with van der Waals surface area (Å²) >= 11 is 1.78. The van der Waals surface area contributed by atoms with Gasteiger partial charge < -0.3 is 5.11 Å². The highest BCUT2D eigenvalue weighted by atomic mass is 32.2. The average Bonchev–Trinajstić information content (AvgIpc) is 2.24. The number of aliphatic hydroxyl groups is 1. The van der Waals surface area contributed by atoms with Crippen LogP contribution in [0.4, 0.5) is 0 Å². The quantitative estimate of drug-likeness (QED) is 0.772. The summed E-state index contributed by atoms with van der Waals surface area (Å²) in [6, 6.07) is 10.3. The molecule has 0 radical (unpaired) electrons. The molecule has 0 bridgehead atoms. The van der Waals surface area contributed by atoms with Gasteiger partial charge in [0.1, 0.15) is 0 Å². The highest BCUT2D eigenvalue weighted by molar-refractivity contribution is 8.00. The highest BCUT2D eigenvalue weighted by Crippen LogP contribution is 2.35. The summed E-state index contributed by atoms with van der Waals surface area (Å²) in [4.78, 5) is 1.24. The summed E-state index contributed by atoms with van der Waals surface area (Å²) in [5, 5.41) is 10.3. The minimum atomic E-state index is -0.226. The molecule has 1 N–H and O–H groups in total. The fourth-order valence-corrected chi connectivity index (χ4v) is 3.03. The lowest BCUT2D eigenvalue weighted by Crippen LogP contribution is -2.27. The third-order valence-corrected chi connectivity index (χ3v) is 4.14. The third-order valence-electron chi connectivity index (χ3n) is 2.74. The molecular weight excluding hydrogens is 204 g/mol. The van der Waals surface area contributed by atoms with Crippen molar-refractivity contribution >= 4 is 11.8 Å². The van der Waals surface area contributed by atoms with Crippen LogP contribution < -0.4 is 0 Å². The Bertz CT molecular complexity index is 334. The summed E-state index contributed by atoms with van der Waals surface area (Å²) in [5.41, 5.74) is 1.19. The number of benzene rings is 1. The monoisotopic (exact) mass is 220 g/mol. The largest absolute Gasteiger partial charge is 0.392 e. The Kier molecular flexibility index (Phi) is 3.49. The van der Waals surface area contributed by atoms with E-state index in [4.69, 9.17) is 0 Å². The number of rotatable bonds is 2. The topological polar surface area (TPSA) is 20.2 Å². The minimum absolute atomic E-state index is 0.226. The van der Waals surface area contributed by atoms with E-state index in [9.17, 15) is 5.11 Å². The van der Waals surface area contributed by atoms with Crippen molar-refractivity contribution in [2.45, 2.75) is 35.5 Å². The molecule has 0 aliphatic heterocycles. The van der Waals surface area contributed by atoms with Crippen LogP contribution in [0, 0.1) is 0 Å². The van der Waals surface area contributed by atoms with Crippen LogP contribution in [0.2, 0.25) is 0 Å². The van der Waals surface area contributed by atoms with Gasteiger partial charge in [-0.1, -0.05) is 30.4 Å². The molecule has 1 aromatic rings. The molecule has 15 heavy (non-hydrogen) atoms. The summed E-state index contributed by atoms with van der Waals surface area (Å²) in [5.74, 6) is 0. The smallest absolute Gasteiger partial charge is 0.0699 e. The molecule has 1 fully saturated rings. The average molecular weight is 220 g/mol. The van der Waals surface area contributed by atoms with Gasteiger partial charge in [-0.3, -0.25) is 0 Å². The molecule has 0 spiro atoms. The van der Waals surface area contributed by atoms with Crippen molar-refractivity contribution in [1.82, 2.24) is 0 Å². The molecule has 2 rings (SSSR count). The maximum atomic E-state index is 9.92. The zero-order valence-corrected chi connectivity index (χ0v) is 9.54. The second kappa shape index (κ2) is 4.86. The lowest BCUT2D eigenvalue weighted by molar-refractivity contribution is 0.156. The molecular formula is C13H16OS. The molecule has 2 heteroatoms. The second-order valence-corrected chi connectivity index (χ2v) is 5.34. The normalized spacial score (nSPS) is 26.6. The van der Waals surface area contributed by atoms with Crippen LogP contribution in [-0.2, 0) is 0 Å². The molecule has 1 nitrogen and oxygen atoms in total. The molecule has 1 saturated carbocycles. The van der Waals surface area contributed by atoms with Gasteiger partial charge >= 0.3 is 0 Å². The molecule has 1 aliphatic rings. The van der Waals surface area contributed by atoms with Crippen LogP contribution in [0.3, 0.4) is 0 Å². The molecule has 2 atom stereocenters. The molecule has 80 valence electrons. The van der Waals surface area contributed by atoms with Crippen molar-refractivity contribution in [2.75, 3.05) is 0 Å². The summed E-state index contributed by atoms with van der Waals surface area (Å²) in [6.07, 6.45) is 2.64. The Labute approximate surface area is 95.2 Å². The lowest BCUT2D eigenvalue weighted by atomic mass is 9.93. The van der Waals surface area contributed by atoms with Gasteiger partial charge in [0, 0.05) is 10.1 Å². The first-order valence-electron chi connectivity index (χ1n) is 5.32. The van der Waals surface area contributed by atoms with Crippen molar-refractivity contribution in [3.8, 4) is 0 Å². The Morgan fingerprint density at radius 3 is 2.67 bits per heavy atom. The first-order chi connectivity index (χ1) is 7.25. The van der Waals surface area contributed by atoms with Crippen LogP contribution in [0.5, 0.6) is 0 Å². The van der Waals surface area contributed by atoms with Gasteiger partial charge in [0.15, 0.2) is 0 Å². The van der Waals surface area contributed by atoms with Gasteiger partial charge in [-0.05, 0) is 31.4 Å². The van der Waals surface area contributed by atoms with Crippen molar-refractivity contribution in [2.24, 2.45) is 0 Å². The Morgan fingerprint density at radius 2 is 2.00 bits per heavy atom. The number of thioether (sulfide) groups is 1. The van der Waals surface area contributed by atoms with Crippen LogP contribution in [0.25, 0.3) is 0 Å². The van der Waals surface area contributed by atoms with E-state index in [0.29, 0.717) is 5.25 Å².